The summed E-state index contributed by atoms with van der Waals surface area (Å²) >= 11 is 0. The summed E-state index contributed by atoms with van der Waals surface area (Å²) in [6, 6.07) is 17.9. The van der Waals surface area contributed by atoms with E-state index in [9.17, 15) is 4.79 Å². The van der Waals surface area contributed by atoms with Gasteiger partial charge >= 0.3 is 6.09 Å². The first kappa shape index (κ1) is 20.2. The van der Waals surface area contributed by atoms with Crippen molar-refractivity contribution in [3.05, 3.63) is 83.4 Å². The Balaban J connectivity index is 1.23. The van der Waals surface area contributed by atoms with Crippen LogP contribution in [0, 0.1) is 6.92 Å². The Morgan fingerprint density at radius 2 is 1.83 bits per heavy atom. The van der Waals surface area contributed by atoms with Crippen LogP contribution in [0.4, 0.5) is 4.79 Å². The molecule has 0 spiro atoms. The summed E-state index contributed by atoms with van der Waals surface area (Å²) in [4.78, 5) is 24.4. The summed E-state index contributed by atoms with van der Waals surface area (Å²) in [6.45, 7) is 6.13. The van der Waals surface area contributed by atoms with Crippen LogP contribution < -0.4 is 4.74 Å². The predicted octanol–water partition coefficient (Wildman–Crippen LogP) is 3.67. The number of benzene rings is 1. The van der Waals surface area contributed by atoms with E-state index in [0.29, 0.717) is 18.8 Å². The minimum absolute atomic E-state index is 0.271. The van der Waals surface area contributed by atoms with Crippen molar-refractivity contribution < 1.29 is 9.53 Å². The van der Waals surface area contributed by atoms with Gasteiger partial charge in [0, 0.05) is 68.8 Å². The van der Waals surface area contributed by atoms with Crippen molar-refractivity contribution in [2.75, 3.05) is 32.7 Å². The topological polar surface area (TPSA) is 61.5 Å². The van der Waals surface area contributed by atoms with E-state index in [0.717, 1.165) is 49.4 Å². The third-order valence-corrected chi connectivity index (χ3v) is 5.45. The predicted molar refractivity (Wildman–Crippen MR) is 117 cm³/mol. The van der Waals surface area contributed by atoms with E-state index in [-0.39, 0.29) is 6.09 Å². The van der Waals surface area contributed by atoms with Crippen LogP contribution in [0.15, 0.2) is 60.8 Å². The smallest absolute Gasteiger partial charge is 0.410 e. The lowest BCUT2D eigenvalue weighted by atomic mass is 10.1. The van der Waals surface area contributed by atoms with Crippen molar-refractivity contribution in [2.24, 2.45) is 0 Å². The fraction of sp³-hybridized carbons (Fsp3) is 0.333. The number of nitrogens with zero attached hydrogens (tertiary/aromatic N) is 3. The van der Waals surface area contributed by atoms with Gasteiger partial charge < -0.3 is 14.6 Å². The minimum atomic E-state index is -0.271. The zero-order valence-electron chi connectivity index (χ0n) is 17.4. The van der Waals surface area contributed by atoms with Gasteiger partial charge in [-0.15, -0.1) is 0 Å². The van der Waals surface area contributed by atoms with Gasteiger partial charge in [0.25, 0.3) is 0 Å². The summed E-state index contributed by atoms with van der Waals surface area (Å²) in [5, 5.41) is 0. The average Bonchev–Trinajstić information content (AvgIpc) is 3.28. The summed E-state index contributed by atoms with van der Waals surface area (Å²) in [5.74, 6) is 0.579. The molecule has 0 unspecified atom stereocenters. The zero-order chi connectivity index (χ0) is 20.8. The Morgan fingerprint density at radius 3 is 2.53 bits per heavy atom. The third-order valence-electron chi connectivity index (χ3n) is 5.45. The Bertz CT molecular complexity index is 946. The van der Waals surface area contributed by atoms with Crippen molar-refractivity contribution in [1.29, 1.82) is 0 Å². The Morgan fingerprint density at radius 1 is 1.03 bits per heavy atom. The van der Waals surface area contributed by atoms with E-state index in [1.165, 1.54) is 5.69 Å². The second kappa shape index (κ2) is 9.59. The van der Waals surface area contributed by atoms with E-state index >= 15 is 0 Å². The number of pyridine rings is 1. The molecular formula is C24H28N4O2. The maximum Gasteiger partial charge on any atom is 0.415 e. The van der Waals surface area contributed by atoms with E-state index in [2.05, 4.69) is 20.9 Å². The van der Waals surface area contributed by atoms with Crippen LogP contribution in [-0.4, -0.2) is 58.6 Å². The highest BCUT2D eigenvalue weighted by Crippen LogP contribution is 2.16. The van der Waals surface area contributed by atoms with Crippen LogP contribution >= 0.6 is 0 Å². The second-order valence-corrected chi connectivity index (χ2v) is 7.73. The van der Waals surface area contributed by atoms with Crippen molar-refractivity contribution in [2.45, 2.75) is 19.8 Å². The molecule has 0 aliphatic carbocycles. The highest BCUT2D eigenvalue weighted by molar-refractivity contribution is 5.70. The fourth-order valence-corrected chi connectivity index (χ4v) is 3.70. The van der Waals surface area contributed by atoms with Gasteiger partial charge in [-0.25, -0.2) is 4.79 Å². The highest BCUT2D eigenvalue weighted by Gasteiger charge is 2.22. The first-order valence-electron chi connectivity index (χ1n) is 10.5. The van der Waals surface area contributed by atoms with E-state index in [1.807, 2.05) is 61.7 Å². The number of aromatic amines is 1. The Labute approximate surface area is 177 Å². The molecule has 3 aromatic rings. The first-order valence-corrected chi connectivity index (χ1v) is 10.5. The van der Waals surface area contributed by atoms with Gasteiger partial charge in [0.15, 0.2) is 0 Å². The number of carbonyl (C=O) groups excluding carboxylic acids is 1. The molecule has 0 saturated carbocycles. The summed E-state index contributed by atoms with van der Waals surface area (Å²) < 4.78 is 5.58. The van der Waals surface area contributed by atoms with E-state index < -0.39 is 0 Å². The fourth-order valence-electron chi connectivity index (χ4n) is 3.70. The van der Waals surface area contributed by atoms with Crippen LogP contribution in [0.3, 0.4) is 0 Å². The molecule has 4 rings (SSSR count). The number of hydrogen-bond acceptors (Lipinski definition) is 4. The number of aryl methyl sites for hydroxylation is 1. The van der Waals surface area contributed by atoms with Crippen LogP contribution in [0.25, 0.3) is 0 Å². The third kappa shape index (κ3) is 5.48. The van der Waals surface area contributed by atoms with Gasteiger partial charge in [0.05, 0.1) is 0 Å². The molecule has 1 saturated heterocycles. The quantitative estimate of drug-likeness (QED) is 0.681. The molecule has 0 bridgehead atoms. The molecule has 0 atom stereocenters. The molecule has 30 heavy (non-hydrogen) atoms. The molecule has 6 heteroatoms. The summed E-state index contributed by atoms with van der Waals surface area (Å²) in [6.07, 6.45) is 3.45. The number of H-pyrrole nitrogens is 1. The standard InChI is InChI=1S/C24H28N4O2/c1-19-4-2-5-22(26-19)18-20-7-9-23(10-8-20)30-24(29)28-16-14-27(15-17-28)13-11-21-6-3-12-25-21/h2-10,12,25H,11,13-18H2,1H3. The number of ether oxygens (including phenoxy) is 1. The number of carbonyl (C=O) groups is 1. The van der Waals surface area contributed by atoms with Gasteiger partial charge in [-0.3, -0.25) is 9.88 Å². The van der Waals surface area contributed by atoms with Crippen LogP contribution in [0.2, 0.25) is 0 Å². The molecular weight excluding hydrogens is 376 g/mol. The minimum Gasteiger partial charge on any atom is -0.410 e. The number of rotatable bonds is 6. The molecule has 3 heterocycles. The van der Waals surface area contributed by atoms with Crippen LogP contribution in [-0.2, 0) is 12.8 Å². The molecule has 0 radical (unpaired) electrons. The lowest BCUT2D eigenvalue weighted by molar-refractivity contribution is 0.111. The normalized spacial score (nSPS) is 14.6. The molecule has 156 valence electrons. The average molecular weight is 405 g/mol. The van der Waals surface area contributed by atoms with Crippen molar-refractivity contribution >= 4 is 6.09 Å². The Kier molecular flexibility index (Phi) is 6.44. The number of piperazine rings is 1. The van der Waals surface area contributed by atoms with Crippen LogP contribution in [0.5, 0.6) is 5.75 Å². The van der Waals surface area contributed by atoms with Crippen molar-refractivity contribution in [3.8, 4) is 5.75 Å². The Hall–Kier alpha value is -3.12. The monoisotopic (exact) mass is 404 g/mol. The second-order valence-electron chi connectivity index (χ2n) is 7.73. The number of aromatic nitrogens is 2. The van der Waals surface area contributed by atoms with Crippen molar-refractivity contribution in [3.63, 3.8) is 0 Å². The van der Waals surface area contributed by atoms with E-state index in [4.69, 9.17) is 4.74 Å². The SMILES string of the molecule is Cc1cccc(Cc2ccc(OC(=O)N3CCN(CCc4ccc[nH]4)CC3)cc2)n1. The number of hydrogen-bond donors (Lipinski definition) is 1. The van der Waals surface area contributed by atoms with Gasteiger partial charge in [-0.05, 0) is 48.9 Å². The van der Waals surface area contributed by atoms with Crippen LogP contribution in [0.1, 0.15) is 22.6 Å². The van der Waals surface area contributed by atoms with Gasteiger partial charge in [0.2, 0.25) is 0 Å². The lowest BCUT2D eigenvalue weighted by Crippen LogP contribution is -2.49. The van der Waals surface area contributed by atoms with E-state index in [1.54, 1.807) is 4.90 Å². The number of nitrogens with one attached hydrogen (secondary N) is 1. The maximum absolute atomic E-state index is 12.5. The lowest BCUT2D eigenvalue weighted by Gasteiger charge is -2.33. The zero-order valence-corrected chi connectivity index (χ0v) is 17.4. The molecule has 1 fully saturated rings. The molecule has 1 N–H and O–H groups in total. The molecule has 2 aromatic heterocycles. The van der Waals surface area contributed by atoms with Gasteiger partial charge in [-0.1, -0.05) is 18.2 Å². The molecule has 1 amide bonds. The highest BCUT2D eigenvalue weighted by atomic mass is 16.6. The van der Waals surface area contributed by atoms with Gasteiger partial charge in [0.1, 0.15) is 5.75 Å². The number of amides is 1. The molecule has 1 aliphatic rings. The summed E-state index contributed by atoms with van der Waals surface area (Å²) in [7, 11) is 0. The van der Waals surface area contributed by atoms with Crippen molar-refractivity contribution in [1.82, 2.24) is 19.8 Å². The first-order chi connectivity index (χ1) is 14.7. The molecule has 6 nitrogen and oxygen atoms in total. The maximum atomic E-state index is 12.5. The summed E-state index contributed by atoms with van der Waals surface area (Å²) in [5.41, 5.74) is 4.44. The largest absolute Gasteiger partial charge is 0.415 e. The van der Waals surface area contributed by atoms with Gasteiger partial charge in [-0.2, -0.15) is 0 Å². The molecule has 1 aliphatic heterocycles. The molecule has 1 aromatic carbocycles.